The number of anilines is 1. The first-order valence-corrected chi connectivity index (χ1v) is 6.49. The number of fused-ring (bicyclic) bond motifs is 1. The van der Waals surface area contributed by atoms with E-state index in [-0.39, 0.29) is 0 Å². The van der Waals surface area contributed by atoms with Crippen molar-refractivity contribution in [1.29, 1.82) is 0 Å². The predicted molar refractivity (Wildman–Crippen MR) is 73.7 cm³/mol. The lowest BCUT2D eigenvalue weighted by atomic mass is 9.74. The quantitative estimate of drug-likeness (QED) is 0.878. The van der Waals surface area contributed by atoms with Crippen molar-refractivity contribution < 1.29 is 0 Å². The molecule has 0 bridgehead atoms. The summed E-state index contributed by atoms with van der Waals surface area (Å²) in [5, 5.41) is 4.64. The Bertz CT molecular complexity index is 596. The minimum atomic E-state index is 0.418. The van der Waals surface area contributed by atoms with Gasteiger partial charge in [0.15, 0.2) is 0 Å². The molecule has 94 valence electrons. The van der Waals surface area contributed by atoms with Crippen LogP contribution in [0.3, 0.4) is 0 Å². The number of nitrogen functional groups attached to an aromatic ring is 1. The molecule has 0 amide bonds. The fourth-order valence-corrected chi connectivity index (χ4v) is 2.93. The Morgan fingerprint density at radius 2 is 2.06 bits per heavy atom. The molecule has 0 spiro atoms. The second kappa shape index (κ2) is 3.87. The maximum Gasteiger partial charge on any atom is 0.125 e. The van der Waals surface area contributed by atoms with Crippen LogP contribution in [0.25, 0.3) is 0 Å². The average molecular weight is 241 g/mol. The standard InChI is InChI=1S/C15H19N3/c1-9(2)13-14(17-18(3)15(13)16)12-8-10-6-4-5-7-11(10)12/h4-7,9,12H,8,16H2,1-3H3. The Morgan fingerprint density at radius 1 is 1.33 bits per heavy atom. The normalized spacial score (nSPS) is 17.7. The van der Waals surface area contributed by atoms with E-state index in [1.54, 1.807) is 0 Å². The summed E-state index contributed by atoms with van der Waals surface area (Å²) in [6.45, 7) is 4.36. The van der Waals surface area contributed by atoms with Crippen LogP contribution in [0.5, 0.6) is 0 Å². The third-order valence-electron chi connectivity index (χ3n) is 3.92. The first-order chi connectivity index (χ1) is 8.59. The highest BCUT2D eigenvalue weighted by Crippen LogP contribution is 2.43. The molecule has 1 unspecified atom stereocenters. The van der Waals surface area contributed by atoms with Crippen LogP contribution in [-0.2, 0) is 13.5 Å². The first kappa shape index (κ1) is 11.3. The van der Waals surface area contributed by atoms with Crippen molar-refractivity contribution in [1.82, 2.24) is 9.78 Å². The lowest BCUT2D eigenvalue weighted by Crippen LogP contribution is -2.20. The molecule has 3 nitrogen and oxygen atoms in total. The summed E-state index contributed by atoms with van der Waals surface area (Å²) in [7, 11) is 1.93. The van der Waals surface area contributed by atoms with Crippen LogP contribution in [-0.4, -0.2) is 9.78 Å². The summed E-state index contributed by atoms with van der Waals surface area (Å²) < 4.78 is 1.81. The number of benzene rings is 1. The van der Waals surface area contributed by atoms with Gasteiger partial charge >= 0.3 is 0 Å². The number of hydrogen-bond donors (Lipinski definition) is 1. The monoisotopic (exact) mass is 241 g/mol. The van der Waals surface area contributed by atoms with E-state index in [9.17, 15) is 0 Å². The van der Waals surface area contributed by atoms with Crippen LogP contribution in [0.1, 0.15) is 48.1 Å². The molecule has 1 aliphatic rings. The minimum absolute atomic E-state index is 0.418. The van der Waals surface area contributed by atoms with Crippen molar-refractivity contribution in [2.45, 2.75) is 32.1 Å². The fraction of sp³-hybridized carbons (Fsp3) is 0.400. The van der Waals surface area contributed by atoms with Gasteiger partial charge in [0.25, 0.3) is 0 Å². The molecule has 1 aliphatic carbocycles. The van der Waals surface area contributed by atoms with Crippen LogP contribution >= 0.6 is 0 Å². The van der Waals surface area contributed by atoms with E-state index < -0.39 is 0 Å². The Labute approximate surface area is 108 Å². The lowest BCUT2D eigenvalue weighted by molar-refractivity contribution is 0.645. The summed E-state index contributed by atoms with van der Waals surface area (Å²) in [5.41, 5.74) is 11.4. The third-order valence-corrected chi connectivity index (χ3v) is 3.92. The summed E-state index contributed by atoms with van der Waals surface area (Å²) in [4.78, 5) is 0. The molecule has 1 aromatic heterocycles. The van der Waals surface area contributed by atoms with Crippen molar-refractivity contribution in [3.8, 4) is 0 Å². The molecule has 3 heteroatoms. The van der Waals surface area contributed by atoms with Gasteiger partial charge in [-0.1, -0.05) is 38.1 Å². The highest BCUT2D eigenvalue weighted by Gasteiger charge is 2.32. The second-order valence-electron chi connectivity index (χ2n) is 5.42. The average Bonchev–Trinajstić information content (AvgIpc) is 2.57. The maximum atomic E-state index is 6.14. The highest BCUT2D eigenvalue weighted by molar-refractivity contribution is 5.53. The molecule has 1 heterocycles. The Balaban J connectivity index is 2.08. The van der Waals surface area contributed by atoms with Crippen molar-refractivity contribution in [2.75, 3.05) is 5.73 Å². The molecule has 0 aliphatic heterocycles. The lowest BCUT2D eigenvalue weighted by Gasteiger charge is -2.30. The molecule has 1 atom stereocenters. The molecular formula is C15H19N3. The molecular weight excluding hydrogens is 222 g/mol. The summed E-state index contributed by atoms with van der Waals surface area (Å²) >= 11 is 0. The van der Waals surface area contributed by atoms with E-state index in [0.717, 1.165) is 12.2 Å². The molecule has 2 N–H and O–H groups in total. The largest absolute Gasteiger partial charge is 0.384 e. The van der Waals surface area contributed by atoms with Gasteiger partial charge in [-0.3, -0.25) is 4.68 Å². The van der Waals surface area contributed by atoms with Gasteiger partial charge in [0.2, 0.25) is 0 Å². The molecule has 0 saturated carbocycles. The zero-order valence-corrected chi connectivity index (χ0v) is 11.1. The Morgan fingerprint density at radius 3 is 2.72 bits per heavy atom. The van der Waals surface area contributed by atoms with Crippen molar-refractivity contribution in [2.24, 2.45) is 7.05 Å². The van der Waals surface area contributed by atoms with E-state index >= 15 is 0 Å². The highest BCUT2D eigenvalue weighted by atomic mass is 15.3. The van der Waals surface area contributed by atoms with Crippen LogP contribution in [0.2, 0.25) is 0 Å². The van der Waals surface area contributed by atoms with E-state index in [2.05, 4.69) is 43.2 Å². The fourth-order valence-electron chi connectivity index (χ4n) is 2.93. The number of aryl methyl sites for hydroxylation is 1. The molecule has 2 aromatic rings. The molecule has 3 rings (SSSR count). The summed E-state index contributed by atoms with van der Waals surface area (Å²) in [6.07, 6.45) is 1.09. The molecule has 18 heavy (non-hydrogen) atoms. The van der Waals surface area contributed by atoms with Crippen LogP contribution < -0.4 is 5.73 Å². The van der Waals surface area contributed by atoms with E-state index in [1.807, 2.05) is 11.7 Å². The first-order valence-electron chi connectivity index (χ1n) is 6.49. The molecule has 0 radical (unpaired) electrons. The maximum absolute atomic E-state index is 6.14. The Hall–Kier alpha value is -1.77. The zero-order chi connectivity index (χ0) is 12.9. The van der Waals surface area contributed by atoms with Gasteiger partial charge < -0.3 is 5.73 Å². The van der Waals surface area contributed by atoms with Gasteiger partial charge in [0.05, 0.1) is 5.69 Å². The van der Waals surface area contributed by atoms with E-state index in [0.29, 0.717) is 11.8 Å². The molecule has 1 aromatic carbocycles. The number of rotatable bonds is 2. The van der Waals surface area contributed by atoms with Crippen LogP contribution in [0, 0.1) is 0 Å². The minimum Gasteiger partial charge on any atom is -0.384 e. The SMILES string of the molecule is CC(C)c1c(C2Cc3ccccc32)nn(C)c1N. The van der Waals surface area contributed by atoms with Crippen LogP contribution in [0.4, 0.5) is 5.82 Å². The van der Waals surface area contributed by atoms with Gasteiger partial charge in [0, 0.05) is 18.5 Å². The van der Waals surface area contributed by atoms with Gasteiger partial charge in [0.1, 0.15) is 5.82 Å². The molecule has 0 fully saturated rings. The second-order valence-corrected chi connectivity index (χ2v) is 5.42. The topological polar surface area (TPSA) is 43.8 Å². The van der Waals surface area contributed by atoms with E-state index in [1.165, 1.54) is 22.4 Å². The van der Waals surface area contributed by atoms with Crippen molar-refractivity contribution >= 4 is 5.82 Å². The van der Waals surface area contributed by atoms with Gasteiger partial charge in [-0.25, -0.2) is 0 Å². The summed E-state index contributed by atoms with van der Waals surface area (Å²) in [6, 6.07) is 8.61. The molecule has 0 saturated heterocycles. The smallest absolute Gasteiger partial charge is 0.125 e. The summed E-state index contributed by atoms with van der Waals surface area (Å²) in [5.74, 6) is 1.66. The number of nitrogens with zero attached hydrogens (tertiary/aromatic N) is 2. The third kappa shape index (κ3) is 1.47. The zero-order valence-electron chi connectivity index (χ0n) is 11.1. The predicted octanol–water partition coefficient (Wildman–Crippen LogP) is 2.81. The van der Waals surface area contributed by atoms with Crippen molar-refractivity contribution in [3.05, 3.63) is 46.6 Å². The van der Waals surface area contributed by atoms with Gasteiger partial charge in [-0.2, -0.15) is 5.10 Å². The van der Waals surface area contributed by atoms with E-state index in [4.69, 9.17) is 5.73 Å². The number of hydrogen-bond acceptors (Lipinski definition) is 2. The van der Waals surface area contributed by atoms with Crippen molar-refractivity contribution in [3.63, 3.8) is 0 Å². The Kier molecular flexibility index (Phi) is 2.44. The van der Waals surface area contributed by atoms with Gasteiger partial charge in [-0.15, -0.1) is 0 Å². The van der Waals surface area contributed by atoms with Crippen LogP contribution in [0.15, 0.2) is 24.3 Å². The number of nitrogens with two attached hydrogens (primary N) is 1. The number of aromatic nitrogens is 2. The van der Waals surface area contributed by atoms with Gasteiger partial charge in [-0.05, 0) is 23.5 Å².